The Kier molecular flexibility index (Phi) is 9.97. The Morgan fingerprint density at radius 3 is 2.51 bits per heavy atom. The van der Waals surface area contributed by atoms with Crippen molar-refractivity contribution in [2.24, 2.45) is 0 Å². The van der Waals surface area contributed by atoms with Crippen molar-refractivity contribution in [1.29, 1.82) is 0 Å². The normalized spacial score (nSPS) is 16.1. The van der Waals surface area contributed by atoms with Crippen LogP contribution in [0.2, 0.25) is 0 Å². The SMILES string of the molecule is CCOc1cccc(CNC(=O)[C@@H]2CCCN2C(=O)[C@@H](O)[C@H](Cc2ccccc2)NC(=O)c2cccc(O)c2C)c1. The topological polar surface area (TPSA) is 128 Å². The van der Waals surface area contributed by atoms with Gasteiger partial charge in [0.15, 0.2) is 6.10 Å². The number of phenolic OH excluding ortho intramolecular Hbond substituents is 1. The van der Waals surface area contributed by atoms with Gasteiger partial charge in [-0.25, -0.2) is 0 Å². The van der Waals surface area contributed by atoms with Gasteiger partial charge in [-0.05, 0) is 68.5 Å². The van der Waals surface area contributed by atoms with Gasteiger partial charge in [-0.3, -0.25) is 14.4 Å². The number of aromatic hydroxyl groups is 1. The molecule has 3 aromatic carbocycles. The minimum Gasteiger partial charge on any atom is -0.508 e. The molecule has 4 rings (SSSR count). The summed E-state index contributed by atoms with van der Waals surface area (Å²) in [5, 5.41) is 27.1. The Bertz CT molecular complexity index is 1360. The summed E-state index contributed by atoms with van der Waals surface area (Å²) in [6.45, 7) is 4.66. The number of hydrogen-bond acceptors (Lipinski definition) is 6. The van der Waals surface area contributed by atoms with Crippen molar-refractivity contribution in [2.45, 2.75) is 57.8 Å². The average molecular weight is 560 g/mol. The lowest BCUT2D eigenvalue weighted by Gasteiger charge is -2.30. The summed E-state index contributed by atoms with van der Waals surface area (Å²) in [5.74, 6) is -0.744. The van der Waals surface area contributed by atoms with Crippen molar-refractivity contribution in [3.8, 4) is 11.5 Å². The predicted octanol–water partition coefficient (Wildman–Crippen LogP) is 3.11. The molecule has 9 nitrogen and oxygen atoms in total. The van der Waals surface area contributed by atoms with Gasteiger partial charge in [0.1, 0.15) is 17.5 Å². The monoisotopic (exact) mass is 559 g/mol. The van der Waals surface area contributed by atoms with Crippen LogP contribution >= 0.6 is 0 Å². The molecule has 1 aliphatic rings. The molecular weight excluding hydrogens is 522 g/mol. The van der Waals surface area contributed by atoms with Crippen molar-refractivity contribution in [2.75, 3.05) is 13.2 Å². The van der Waals surface area contributed by atoms with Crippen LogP contribution in [0.4, 0.5) is 0 Å². The van der Waals surface area contributed by atoms with E-state index < -0.39 is 30.0 Å². The molecule has 3 amide bonds. The van der Waals surface area contributed by atoms with Gasteiger partial charge in [0.05, 0.1) is 12.6 Å². The number of benzene rings is 3. The Morgan fingerprint density at radius 2 is 1.76 bits per heavy atom. The number of phenols is 1. The molecule has 0 aliphatic carbocycles. The number of likely N-dealkylation sites (tertiary alicyclic amines) is 1. The predicted molar refractivity (Wildman–Crippen MR) is 154 cm³/mol. The number of aliphatic hydroxyl groups excluding tert-OH is 1. The van der Waals surface area contributed by atoms with Gasteiger partial charge in [-0.2, -0.15) is 0 Å². The standard InChI is InChI=1S/C32H37N3O6/c1-3-41-24-13-7-12-23(18-24)20-33-31(39)27-15-9-17-35(27)32(40)29(37)26(19-22-10-5-4-6-11-22)34-30(38)25-14-8-16-28(36)21(25)2/h4-8,10-14,16,18,26-27,29,36-37H,3,9,15,17,19-20H2,1-2H3,(H,33,39)(H,34,38)/t26-,27-,29-/m0/s1. The van der Waals surface area contributed by atoms with Gasteiger partial charge >= 0.3 is 0 Å². The molecule has 3 atom stereocenters. The highest BCUT2D eigenvalue weighted by molar-refractivity contribution is 5.97. The average Bonchev–Trinajstić information content (AvgIpc) is 3.47. The summed E-state index contributed by atoms with van der Waals surface area (Å²) >= 11 is 0. The number of ether oxygens (including phenoxy) is 1. The van der Waals surface area contributed by atoms with E-state index in [-0.39, 0.29) is 30.2 Å². The number of amides is 3. The maximum Gasteiger partial charge on any atom is 0.254 e. The lowest BCUT2D eigenvalue weighted by molar-refractivity contribution is -0.146. The van der Waals surface area contributed by atoms with E-state index in [9.17, 15) is 24.6 Å². The van der Waals surface area contributed by atoms with E-state index in [2.05, 4.69) is 10.6 Å². The molecule has 216 valence electrons. The van der Waals surface area contributed by atoms with Crippen LogP contribution in [0, 0.1) is 6.92 Å². The highest BCUT2D eigenvalue weighted by Crippen LogP contribution is 2.23. The number of nitrogens with one attached hydrogen (secondary N) is 2. The van der Waals surface area contributed by atoms with Gasteiger partial charge < -0.3 is 30.5 Å². The van der Waals surface area contributed by atoms with Gasteiger partial charge in [0.2, 0.25) is 5.91 Å². The van der Waals surface area contributed by atoms with Crippen LogP contribution in [0.3, 0.4) is 0 Å². The van der Waals surface area contributed by atoms with Crippen LogP contribution in [-0.2, 0) is 22.6 Å². The summed E-state index contributed by atoms with van der Waals surface area (Å²) in [4.78, 5) is 41.4. The second kappa shape index (κ2) is 13.8. The van der Waals surface area contributed by atoms with Crippen molar-refractivity contribution in [3.63, 3.8) is 0 Å². The summed E-state index contributed by atoms with van der Waals surface area (Å²) in [6, 6.07) is 19.6. The zero-order chi connectivity index (χ0) is 29.4. The first kappa shape index (κ1) is 29.6. The molecule has 0 bridgehead atoms. The number of carbonyl (C=O) groups excluding carboxylic acids is 3. The third kappa shape index (κ3) is 7.43. The number of carbonyl (C=O) groups is 3. The number of nitrogens with zero attached hydrogens (tertiary/aromatic N) is 1. The molecule has 1 saturated heterocycles. The summed E-state index contributed by atoms with van der Waals surface area (Å²) < 4.78 is 5.53. The van der Waals surface area contributed by atoms with Crippen LogP contribution in [0.1, 0.15) is 46.8 Å². The Hall–Kier alpha value is -4.37. The van der Waals surface area contributed by atoms with Crippen LogP contribution in [0.25, 0.3) is 0 Å². The van der Waals surface area contributed by atoms with Crippen LogP contribution < -0.4 is 15.4 Å². The molecule has 9 heteroatoms. The highest BCUT2D eigenvalue weighted by Gasteiger charge is 2.39. The van der Waals surface area contributed by atoms with Gasteiger partial charge in [0.25, 0.3) is 11.8 Å². The van der Waals surface area contributed by atoms with E-state index >= 15 is 0 Å². The minimum atomic E-state index is -1.59. The molecule has 0 aromatic heterocycles. The Balaban J connectivity index is 1.47. The van der Waals surface area contributed by atoms with Crippen molar-refractivity contribution < 1.29 is 29.3 Å². The molecule has 1 aliphatic heterocycles. The quantitative estimate of drug-likeness (QED) is 0.286. The Morgan fingerprint density at radius 1 is 1.02 bits per heavy atom. The first-order valence-corrected chi connectivity index (χ1v) is 13.9. The minimum absolute atomic E-state index is 0.0237. The molecule has 1 fully saturated rings. The Labute approximate surface area is 240 Å². The first-order chi connectivity index (χ1) is 19.8. The van der Waals surface area contributed by atoms with Gasteiger partial charge in [-0.1, -0.05) is 48.5 Å². The molecule has 4 N–H and O–H groups in total. The molecule has 0 radical (unpaired) electrons. The van der Waals surface area contributed by atoms with E-state index in [1.165, 1.54) is 11.0 Å². The van der Waals surface area contributed by atoms with Crippen molar-refractivity contribution in [3.05, 3.63) is 95.1 Å². The molecule has 0 unspecified atom stereocenters. The first-order valence-electron chi connectivity index (χ1n) is 13.9. The number of hydrogen-bond donors (Lipinski definition) is 4. The second-order valence-electron chi connectivity index (χ2n) is 10.2. The lowest BCUT2D eigenvalue weighted by atomic mass is 9.98. The zero-order valence-corrected chi connectivity index (χ0v) is 23.4. The van der Waals surface area contributed by atoms with E-state index in [0.29, 0.717) is 37.3 Å². The second-order valence-corrected chi connectivity index (χ2v) is 10.2. The van der Waals surface area contributed by atoms with E-state index in [0.717, 1.165) is 11.1 Å². The molecule has 1 heterocycles. The summed E-state index contributed by atoms with van der Waals surface area (Å²) in [6.07, 6.45) is -0.304. The fourth-order valence-corrected chi connectivity index (χ4v) is 5.09. The largest absolute Gasteiger partial charge is 0.508 e. The lowest BCUT2D eigenvalue weighted by Crippen LogP contribution is -2.55. The fourth-order valence-electron chi connectivity index (χ4n) is 5.09. The van der Waals surface area contributed by atoms with E-state index in [1.807, 2.05) is 61.5 Å². The molecule has 41 heavy (non-hydrogen) atoms. The fraction of sp³-hybridized carbons (Fsp3) is 0.344. The third-order valence-electron chi connectivity index (χ3n) is 7.31. The summed E-state index contributed by atoms with van der Waals surface area (Å²) in [7, 11) is 0. The van der Waals surface area contributed by atoms with Crippen LogP contribution in [-0.4, -0.2) is 64.2 Å². The van der Waals surface area contributed by atoms with Crippen LogP contribution in [0.5, 0.6) is 11.5 Å². The maximum absolute atomic E-state index is 13.6. The number of aliphatic hydroxyl groups is 1. The molecule has 3 aromatic rings. The number of rotatable bonds is 11. The van der Waals surface area contributed by atoms with Crippen molar-refractivity contribution >= 4 is 17.7 Å². The van der Waals surface area contributed by atoms with Crippen molar-refractivity contribution in [1.82, 2.24) is 15.5 Å². The smallest absolute Gasteiger partial charge is 0.254 e. The summed E-state index contributed by atoms with van der Waals surface area (Å²) in [5.41, 5.74) is 2.33. The zero-order valence-electron chi connectivity index (χ0n) is 23.4. The highest BCUT2D eigenvalue weighted by atomic mass is 16.5. The van der Waals surface area contributed by atoms with E-state index in [4.69, 9.17) is 4.74 Å². The van der Waals surface area contributed by atoms with Gasteiger partial charge in [0, 0.05) is 24.2 Å². The van der Waals surface area contributed by atoms with Crippen LogP contribution in [0.15, 0.2) is 72.8 Å². The maximum atomic E-state index is 13.6. The third-order valence-corrected chi connectivity index (χ3v) is 7.31. The van der Waals surface area contributed by atoms with Gasteiger partial charge in [-0.15, -0.1) is 0 Å². The molecular formula is C32H37N3O6. The molecule has 0 saturated carbocycles. The van der Waals surface area contributed by atoms with E-state index in [1.54, 1.807) is 19.1 Å². The molecule has 0 spiro atoms.